The molecule has 3 aromatic carbocycles. The first-order chi connectivity index (χ1) is 18.6. The Hall–Kier alpha value is -4.46. The number of rotatable bonds is 12. The van der Waals surface area contributed by atoms with Crippen LogP contribution in [-0.4, -0.2) is 48.3 Å². The number of nitrogens with zero attached hydrogens (tertiary/aromatic N) is 2. The molecule has 0 fully saturated rings. The summed E-state index contributed by atoms with van der Waals surface area (Å²) in [5, 5.41) is 1.98. The van der Waals surface area contributed by atoms with Gasteiger partial charge in [-0.1, -0.05) is 48.5 Å². The molecule has 8 heteroatoms. The van der Waals surface area contributed by atoms with Crippen molar-refractivity contribution in [2.75, 3.05) is 26.4 Å². The highest BCUT2D eigenvalue weighted by Crippen LogP contribution is 2.29. The molecule has 0 spiro atoms. The number of esters is 2. The predicted octanol–water partition coefficient (Wildman–Crippen LogP) is 5.63. The highest BCUT2D eigenvalue weighted by atomic mass is 16.6. The molecule has 4 aromatic rings. The van der Waals surface area contributed by atoms with Crippen molar-refractivity contribution in [1.82, 2.24) is 9.97 Å². The molecule has 1 aromatic heterocycles. The van der Waals surface area contributed by atoms with Gasteiger partial charge in [-0.2, -0.15) is 4.98 Å². The highest BCUT2D eigenvalue weighted by Gasteiger charge is 2.12. The van der Waals surface area contributed by atoms with Crippen LogP contribution in [-0.2, 0) is 19.1 Å². The van der Waals surface area contributed by atoms with Gasteiger partial charge in [0.1, 0.15) is 5.75 Å². The lowest BCUT2D eigenvalue weighted by atomic mass is 10.1. The SMILES string of the molecule is CCOC(=O)CCCOc1ccc2cc(-c3nc(OCC(=O)OCC)cc(-c4ccccc4)n3)ccc2c1. The maximum Gasteiger partial charge on any atom is 0.344 e. The second-order valence-electron chi connectivity index (χ2n) is 8.36. The average Bonchev–Trinajstić information content (AvgIpc) is 2.94. The summed E-state index contributed by atoms with van der Waals surface area (Å²) in [4.78, 5) is 32.6. The lowest BCUT2D eigenvalue weighted by molar-refractivity contribution is -0.145. The summed E-state index contributed by atoms with van der Waals surface area (Å²) < 4.78 is 21.4. The molecule has 38 heavy (non-hydrogen) atoms. The number of hydrogen-bond donors (Lipinski definition) is 0. The van der Waals surface area contributed by atoms with E-state index < -0.39 is 5.97 Å². The van der Waals surface area contributed by atoms with Crippen LogP contribution >= 0.6 is 0 Å². The smallest absolute Gasteiger partial charge is 0.344 e. The second kappa shape index (κ2) is 13.2. The lowest BCUT2D eigenvalue weighted by Crippen LogP contribution is -2.15. The molecular formula is C30H30N2O6. The molecule has 1 heterocycles. The normalized spacial score (nSPS) is 10.7. The van der Waals surface area contributed by atoms with Crippen LogP contribution in [0.25, 0.3) is 33.4 Å². The molecule has 0 saturated carbocycles. The van der Waals surface area contributed by atoms with E-state index in [0.717, 1.165) is 27.6 Å². The lowest BCUT2D eigenvalue weighted by Gasteiger charge is -2.11. The monoisotopic (exact) mass is 514 g/mol. The second-order valence-corrected chi connectivity index (χ2v) is 8.36. The van der Waals surface area contributed by atoms with Gasteiger partial charge in [0, 0.05) is 23.6 Å². The Morgan fingerprint density at radius 2 is 1.47 bits per heavy atom. The molecular weight excluding hydrogens is 484 g/mol. The largest absolute Gasteiger partial charge is 0.494 e. The molecule has 0 bridgehead atoms. The van der Waals surface area contributed by atoms with Crippen molar-refractivity contribution in [3.63, 3.8) is 0 Å². The van der Waals surface area contributed by atoms with Crippen molar-refractivity contribution in [3.05, 3.63) is 72.8 Å². The van der Waals surface area contributed by atoms with Gasteiger partial charge in [-0.15, -0.1) is 0 Å². The van der Waals surface area contributed by atoms with Crippen LogP contribution in [0.15, 0.2) is 72.8 Å². The number of carbonyl (C=O) groups is 2. The van der Waals surface area contributed by atoms with Gasteiger partial charge in [-0.25, -0.2) is 9.78 Å². The van der Waals surface area contributed by atoms with Crippen LogP contribution in [0.1, 0.15) is 26.7 Å². The van der Waals surface area contributed by atoms with E-state index in [-0.39, 0.29) is 25.1 Å². The van der Waals surface area contributed by atoms with E-state index in [1.54, 1.807) is 19.9 Å². The van der Waals surface area contributed by atoms with Gasteiger partial charge in [-0.05, 0) is 49.2 Å². The fourth-order valence-electron chi connectivity index (χ4n) is 3.81. The van der Waals surface area contributed by atoms with Gasteiger partial charge < -0.3 is 18.9 Å². The average molecular weight is 515 g/mol. The number of aromatic nitrogens is 2. The van der Waals surface area contributed by atoms with E-state index >= 15 is 0 Å². The first kappa shape index (κ1) is 26.6. The molecule has 4 rings (SSSR count). The Kier molecular flexibility index (Phi) is 9.23. The Labute approximate surface area is 221 Å². The maximum atomic E-state index is 11.8. The third kappa shape index (κ3) is 7.29. The highest BCUT2D eigenvalue weighted by molar-refractivity contribution is 5.87. The third-order valence-electron chi connectivity index (χ3n) is 5.58. The summed E-state index contributed by atoms with van der Waals surface area (Å²) in [6, 6.07) is 23.2. The van der Waals surface area contributed by atoms with Crippen LogP contribution < -0.4 is 9.47 Å². The zero-order valence-corrected chi connectivity index (χ0v) is 21.5. The van der Waals surface area contributed by atoms with Gasteiger partial charge >= 0.3 is 11.9 Å². The van der Waals surface area contributed by atoms with E-state index in [1.807, 2.05) is 66.7 Å². The molecule has 0 radical (unpaired) electrons. The standard InChI is InChI=1S/C30H30N2O6/c1-3-35-28(33)11-8-16-37-25-15-14-22-17-24(13-12-23(22)18-25)30-31-26(21-9-6-5-7-10-21)19-27(32-30)38-20-29(34)36-4-2/h5-7,9-10,12-15,17-19H,3-4,8,11,16,20H2,1-2H3. The number of benzene rings is 3. The van der Waals surface area contributed by atoms with E-state index in [0.29, 0.717) is 37.6 Å². The van der Waals surface area contributed by atoms with Gasteiger partial charge in [0.2, 0.25) is 5.88 Å². The number of hydrogen-bond acceptors (Lipinski definition) is 8. The summed E-state index contributed by atoms with van der Waals surface area (Å²) >= 11 is 0. The number of carbonyl (C=O) groups excluding carboxylic acids is 2. The molecule has 0 amide bonds. The molecule has 8 nitrogen and oxygen atoms in total. The minimum absolute atomic E-state index is 0.213. The van der Waals surface area contributed by atoms with Crippen LogP contribution in [0.4, 0.5) is 0 Å². The van der Waals surface area contributed by atoms with Gasteiger partial charge in [-0.3, -0.25) is 4.79 Å². The van der Waals surface area contributed by atoms with Gasteiger partial charge in [0.15, 0.2) is 12.4 Å². The summed E-state index contributed by atoms with van der Waals surface area (Å²) in [5.74, 6) is 0.819. The predicted molar refractivity (Wildman–Crippen MR) is 144 cm³/mol. The molecule has 0 unspecified atom stereocenters. The van der Waals surface area contributed by atoms with E-state index in [9.17, 15) is 9.59 Å². The Morgan fingerprint density at radius 1 is 0.737 bits per heavy atom. The van der Waals surface area contributed by atoms with Gasteiger partial charge in [0.25, 0.3) is 0 Å². The Balaban J connectivity index is 1.54. The van der Waals surface area contributed by atoms with Crippen molar-refractivity contribution in [2.45, 2.75) is 26.7 Å². The summed E-state index contributed by atoms with van der Waals surface area (Å²) in [7, 11) is 0. The van der Waals surface area contributed by atoms with Crippen LogP contribution in [0.5, 0.6) is 11.6 Å². The minimum atomic E-state index is -0.460. The minimum Gasteiger partial charge on any atom is -0.494 e. The van der Waals surface area contributed by atoms with Crippen molar-refractivity contribution in [2.24, 2.45) is 0 Å². The van der Waals surface area contributed by atoms with Crippen molar-refractivity contribution in [1.29, 1.82) is 0 Å². The first-order valence-corrected chi connectivity index (χ1v) is 12.6. The number of fused-ring (bicyclic) bond motifs is 1. The fraction of sp³-hybridized carbons (Fsp3) is 0.267. The molecule has 0 atom stereocenters. The van der Waals surface area contributed by atoms with Crippen molar-refractivity contribution < 1.29 is 28.5 Å². The molecule has 0 aliphatic heterocycles. The zero-order chi connectivity index (χ0) is 26.7. The van der Waals surface area contributed by atoms with E-state index in [2.05, 4.69) is 4.98 Å². The van der Waals surface area contributed by atoms with Crippen molar-refractivity contribution in [3.8, 4) is 34.3 Å². The third-order valence-corrected chi connectivity index (χ3v) is 5.58. The summed E-state index contributed by atoms with van der Waals surface area (Å²) in [6.07, 6.45) is 0.920. The Bertz CT molecular complexity index is 1390. The van der Waals surface area contributed by atoms with Crippen LogP contribution in [0.2, 0.25) is 0 Å². The van der Waals surface area contributed by atoms with Gasteiger partial charge in [0.05, 0.1) is 25.5 Å². The van der Waals surface area contributed by atoms with Crippen molar-refractivity contribution >= 4 is 22.7 Å². The maximum absolute atomic E-state index is 11.8. The van der Waals surface area contributed by atoms with E-state index in [4.69, 9.17) is 23.9 Å². The summed E-state index contributed by atoms with van der Waals surface area (Å²) in [5.41, 5.74) is 2.39. The number of ether oxygens (including phenoxy) is 4. The summed E-state index contributed by atoms with van der Waals surface area (Å²) in [6.45, 7) is 4.39. The molecule has 0 aliphatic carbocycles. The molecule has 0 N–H and O–H groups in total. The van der Waals surface area contributed by atoms with Crippen LogP contribution in [0, 0.1) is 0 Å². The first-order valence-electron chi connectivity index (χ1n) is 12.6. The molecule has 196 valence electrons. The van der Waals surface area contributed by atoms with Crippen LogP contribution in [0.3, 0.4) is 0 Å². The zero-order valence-electron chi connectivity index (χ0n) is 21.5. The Morgan fingerprint density at radius 3 is 2.26 bits per heavy atom. The van der Waals surface area contributed by atoms with E-state index in [1.165, 1.54) is 0 Å². The fourth-order valence-corrected chi connectivity index (χ4v) is 3.81. The quantitative estimate of drug-likeness (QED) is 0.177. The topological polar surface area (TPSA) is 96.8 Å². The molecule has 0 saturated heterocycles. The molecule has 0 aliphatic rings.